The van der Waals surface area contributed by atoms with E-state index in [4.69, 9.17) is 10.5 Å². The highest BCUT2D eigenvalue weighted by Crippen LogP contribution is 2.35. The molecule has 0 saturated carbocycles. The summed E-state index contributed by atoms with van der Waals surface area (Å²) in [7, 11) is -3.64. The normalized spacial score (nSPS) is 30.1. The Morgan fingerprint density at radius 2 is 2.32 bits per heavy atom. The number of H-pyrrole nitrogens is 1. The molecule has 3 unspecified atom stereocenters. The summed E-state index contributed by atoms with van der Waals surface area (Å²) in [5.74, 6) is 0. The van der Waals surface area contributed by atoms with Crippen molar-refractivity contribution in [2.24, 2.45) is 5.73 Å². The molecule has 1 aromatic heterocycles. The van der Waals surface area contributed by atoms with Crippen LogP contribution < -0.4 is 10.5 Å². The summed E-state index contributed by atoms with van der Waals surface area (Å²) >= 11 is 0. The molecule has 1 aromatic rings. The summed E-state index contributed by atoms with van der Waals surface area (Å²) in [6, 6.07) is -0.147. The number of fused-ring (bicyclic) bond motifs is 2. The van der Waals surface area contributed by atoms with Crippen molar-refractivity contribution < 1.29 is 13.2 Å². The second-order valence-electron chi connectivity index (χ2n) is 5.17. The van der Waals surface area contributed by atoms with Gasteiger partial charge in [-0.3, -0.25) is 5.10 Å². The average Bonchev–Trinajstić information content (AvgIpc) is 3.02. The molecule has 106 valence electrons. The Morgan fingerprint density at radius 1 is 1.53 bits per heavy atom. The molecule has 2 aliphatic heterocycles. The van der Waals surface area contributed by atoms with Crippen molar-refractivity contribution in [3.63, 3.8) is 0 Å². The molecular formula is C11H18N4O3S. The number of sulfonamides is 1. The van der Waals surface area contributed by atoms with Crippen LogP contribution >= 0.6 is 0 Å². The smallest absolute Gasteiger partial charge is 0.260 e. The summed E-state index contributed by atoms with van der Waals surface area (Å²) in [6.07, 6.45) is 2.89. The Bertz CT molecular complexity index is 583. The van der Waals surface area contributed by atoms with Gasteiger partial charge in [0.15, 0.2) is 5.03 Å². The minimum atomic E-state index is -3.64. The maximum absolute atomic E-state index is 12.4. The van der Waals surface area contributed by atoms with Crippen LogP contribution in [0.3, 0.4) is 0 Å². The number of aromatic nitrogens is 2. The molecule has 2 fully saturated rings. The van der Waals surface area contributed by atoms with Crippen molar-refractivity contribution in [3.8, 4) is 0 Å². The molecule has 0 spiro atoms. The maximum Gasteiger partial charge on any atom is 0.260 e. The number of aromatic amines is 1. The quantitative estimate of drug-likeness (QED) is 0.708. The fraction of sp³-hybridized carbons (Fsp3) is 0.727. The molecule has 0 aliphatic carbocycles. The van der Waals surface area contributed by atoms with Crippen LogP contribution in [0.5, 0.6) is 0 Å². The first kappa shape index (κ1) is 13.0. The van der Waals surface area contributed by atoms with E-state index in [9.17, 15) is 8.42 Å². The van der Waals surface area contributed by atoms with Crippen LogP contribution in [0, 0.1) is 6.92 Å². The first-order valence-electron chi connectivity index (χ1n) is 6.43. The van der Waals surface area contributed by atoms with Crippen LogP contribution in [0.4, 0.5) is 0 Å². The molecule has 7 nitrogen and oxygen atoms in total. The fourth-order valence-electron chi connectivity index (χ4n) is 2.91. The highest BCUT2D eigenvalue weighted by Gasteiger charge is 2.43. The van der Waals surface area contributed by atoms with Crippen LogP contribution in [0.25, 0.3) is 0 Å². The third-order valence-corrected chi connectivity index (χ3v) is 5.37. The molecule has 0 aromatic carbocycles. The number of nitrogens with one attached hydrogen (secondary N) is 2. The molecule has 0 amide bonds. The van der Waals surface area contributed by atoms with E-state index in [0.29, 0.717) is 11.3 Å². The monoisotopic (exact) mass is 286 g/mol. The fourth-order valence-corrected chi connectivity index (χ4v) is 4.39. The van der Waals surface area contributed by atoms with Crippen molar-refractivity contribution >= 4 is 10.0 Å². The number of ether oxygens (including phenoxy) is 1. The molecular weight excluding hydrogens is 268 g/mol. The lowest BCUT2D eigenvalue weighted by Gasteiger charge is -2.19. The molecule has 4 N–H and O–H groups in total. The second kappa shape index (κ2) is 4.55. The zero-order valence-electron chi connectivity index (χ0n) is 10.7. The van der Waals surface area contributed by atoms with Gasteiger partial charge >= 0.3 is 0 Å². The van der Waals surface area contributed by atoms with Crippen LogP contribution in [-0.2, 0) is 21.3 Å². The SMILES string of the molecule is Cc1[nH]nc(S(=O)(=O)NC2CC3CCC2O3)c1CN. The number of hydrogen-bond acceptors (Lipinski definition) is 5. The molecule has 2 aliphatic rings. The van der Waals surface area contributed by atoms with Crippen LogP contribution in [0.2, 0.25) is 0 Å². The van der Waals surface area contributed by atoms with Gasteiger partial charge in [0.2, 0.25) is 0 Å². The minimum Gasteiger partial charge on any atom is -0.373 e. The highest BCUT2D eigenvalue weighted by molar-refractivity contribution is 7.89. The van der Waals surface area contributed by atoms with E-state index in [1.165, 1.54) is 0 Å². The van der Waals surface area contributed by atoms with Gasteiger partial charge < -0.3 is 10.5 Å². The molecule has 0 radical (unpaired) electrons. The number of nitrogens with zero attached hydrogens (tertiary/aromatic N) is 1. The Kier molecular flexibility index (Phi) is 3.12. The lowest BCUT2D eigenvalue weighted by atomic mass is 9.96. The van der Waals surface area contributed by atoms with Crippen LogP contribution in [0.15, 0.2) is 5.03 Å². The van der Waals surface area contributed by atoms with Crippen molar-refractivity contribution in [1.29, 1.82) is 0 Å². The van der Waals surface area contributed by atoms with Crippen LogP contribution in [-0.4, -0.2) is 36.9 Å². The predicted octanol–water partition coefficient (Wildman–Crippen LogP) is -0.225. The lowest BCUT2D eigenvalue weighted by Crippen LogP contribution is -2.41. The highest BCUT2D eigenvalue weighted by atomic mass is 32.2. The first-order valence-corrected chi connectivity index (χ1v) is 7.91. The van der Waals surface area contributed by atoms with Crippen molar-refractivity contribution in [2.45, 2.75) is 56.0 Å². The van der Waals surface area contributed by atoms with Gasteiger partial charge in [0.25, 0.3) is 10.0 Å². The van der Waals surface area contributed by atoms with E-state index < -0.39 is 10.0 Å². The summed E-state index contributed by atoms with van der Waals surface area (Å²) in [4.78, 5) is 0. The zero-order valence-corrected chi connectivity index (χ0v) is 11.5. The van der Waals surface area contributed by atoms with E-state index in [0.717, 1.165) is 19.3 Å². The molecule has 3 rings (SSSR count). The summed E-state index contributed by atoms with van der Waals surface area (Å²) < 4.78 is 33.1. The molecule has 2 bridgehead atoms. The topological polar surface area (TPSA) is 110 Å². The van der Waals surface area contributed by atoms with Crippen LogP contribution in [0.1, 0.15) is 30.5 Å². The summed E-state index contributed by atoms with van der Waals surface area (Å²) in [5, 5.41) is 6.55. The van der Waals surface area contributed by atoms with Gasteiger partial charge in [-0.1, -0.05) is 0 Å². The van der Waals surface area contributed by atoms with Crippen molar-refractivity contribution in [3.05, 3.63) is 11.3 Å². The maximum atomic E-state index is 12.4. The number of rotatable bonds is 4. The molecule has 2 saturated heterocycles. The Balaban J connectivity index is 1.83. The number of nitrogens with two attached hydrogens (primary N) is 1. The van der Waals surface area contributed by atoms with E-state index in [1.54, 1.807) is 6.92 Å². The van der Waals surface area contributed by atoms with E-state index >= 15 is 0 Å². The third-order valence-electron chi connectivity index (χ3n) is 3.91. The van der Waals surface area contributed by atoms with Crippen molar-refractivity contribution in [2.75, 3.05) is 0 Å². The number of hydrogen-bond donors (Lipinski definition) is 3. The van der Waals surface area contributed by atoms with Gasteiger partial charge in [-0.15, -0.1) is 0 Å². The third kappa shape index (κ3) is 2.18. The van der Waals surface area contributed by atoms with Gasteiger partial charge in [-0.2, -0.15) is 5.10 Å². The second-order valence-corrected chi connectivity index (χ2v) is 6.80. The van der Waals surface area contributed by atoms with E-state index in [2.05, 4.69) is 14.9 Å². The van der Waals surface area contributed by atoms with E-state index in [1.807, 2.05) is 0 Å². The Labute approximate surface area is 112 Å². The standard InChI is InChI=1S/C11H18N4O3S/c1-6-8(5-12)11(14-13-6)19(16,17)15-9-4-7-2-3-10(9)18-7/h7,9-10,15H,2-5,12H2,1H3,(H,13,14). The average molecular weight is 286 g/mol. The Morgan fingerprint density at radius 3 is 2.89 bits per heavy atom. The van der Waals surface area contributed by atoms with Gasteiger partial charge in [-0.05, 0) is 26.2 Å². The summed E-state index contributed by atoms with van der Waals surface area (Å²) in [6.45, 7) is 1.90. The molecule has 8 heteroatoms. The lowest BCUT2D eigenvalue weighted by molar-refractivity contribution is 0.0996. The van der Waals surface area contributed by atoms with Gasteiger partial charge in [0.1, 0.15) is 0 Å². The van der Waals surface area contributed by atoms with Gasteiger partial charge in [0, 0.05) is 17.8 Å². The summed E-state index contributed by atoms with van der Waals surface area (Å²) in [5.41, 5.74) is 6.81. The minimum absolute atomic E-state index is 0.00106. The molecule has 3 heterocycles. The predicted molar refractivity (Wildman–Crippen MR) is 67.8 cm³/mol. The van der Waals surface area contributed by atoms with E-state index in [-0.39, 0.29) is 29.8 Å². The van der Waals surface area contributed by atoms with Gasteiger partial charge in [0.05, 0.1) is 18.2 Å². The molecule has 3 atom stereocenters. The molecule has 19 heavy (non-hydrogen) atoms. The Hall–Kier alpha value is -0.960. The zero-order chi connectivity index (χ0) is 13.6. The number of aryl methyl sites for hydroxylation is 1. The van der Waals surface area contributed by atoms with Gasteiger partial charge in [-0.25, -0.2) is 13.1 Å². The van der Waals surface area contributed by atoms with Crippen molar-refractivity contribution in [1.82, 2.24) is 14.9 Å². The first-order chi connectivity index (χ1) is 9.01. The largest absolute Gasteiger partial charge is 0.373 e.